The molecule has 4 nitrogen and oxygen atoms in total. The summed E-state index contributed by atoms with van der Waals surface area (Å²) in [5.41, 5.74) is 0.608. The van der Waals surface area contributed by atoms with Crippen LogP contribution in [0.15, 0.2) is 18.2 Å². The number of aldehydes is 1. The van der Waals surface area contributed by atoms with E-state index in [1.165, 1.54) is 19.5 Å². The molecule has 0 saturated carbocycles. The summed E-state index contributed by atoms with van der Waals surface area (Å²) in [6.07, 6.45) is 3.17. The number of hydrogen-bond donors (Lipinski definition) is 0. The molecular weight excluding hydrogens is 290 g/mol. The van der Waals surface area contributed by atoms with Crippen LogP contribution in [0.2, 0.25) is 0 Å². The van der Waals surface area contributed by atoms with Gasteiger partial charge in [-0.25, -0.2) is 0 Å². The highest BCUT2D eigenvalue weighted by atomic mass is 16.5. The van der Waals surface area contributed by atoms with Gasteiger partial charge >= 0.3 is 0 Å². The van der Waals surface area contributed by atoms with Gasteiger partial charge < -0.3 is 14.4 Å². The number of rotatable bonds is 8. The first kappa shape index (κ1) is 17.8. The molecule has 1 aliphatic rings. The van der Waals surface area contributed by atoms with Gasteiger partial charge in [-0.2, -0.15) is 0 Å². The zero-order valence-corrected chi connectivity index (χ0v) is 14.6. The van der Waals surface area contributed by atoms with Crippen molar-refractivity contribution in [2.24, 2.45) is 11.8 Å². The highest BCUT2D eigenvalue weighted by Gasteiger charge is 2.21. The van der Waals surface area contributed by atoms with Crippen molar-refractivity contribution in [1.29, 1.82) is 0 Å². The molecule has 0 unspecified atom stereocenters. The number of piperidine rings is 1. The Morgan fingerprint density at radius 3 is 2.57 bits per heavy atom. The second-order valence-corrected chi connectivity index (χ2v) is 6.66. The normalized spacial score (nSPS) is 21.9. The molecule has 0 N–H and O–H groups in total. The molecule has 0 amide bonds. The number of hydrogen-bond acceptors (Lipinski definition) is 4. The lowest BCUT2D eigenvalue weighted by Crippen LogP contribution is -2.39. The predicted molar refractivity (Wildman–Crippen MR) is 92.5 cm³/mol. The molecule has 1 heterocycles. The lowest BCUT2D eigenvalue weighted by molar-refractivity contribution is 0.112. The van der Waals surface area contributed by atoms with Crippen molar-refractivity contribution in [2.45, 2.75) is 33.6 Å². The van der Waals surface area contributed by atoms with Gasteiger partial charge in [0.2, 0.25) is 0 Å². The standard InChI is InChI=1S/C19H29NO3/c1-4-22-19-11-17(14-21)6-7-18(19)23-9-5-8-20-12-15(2)10-16(3)13-20/h6-7,11,14-16H,4-5,8-10,12-13H2,1-3H3/t15-,16+. The molecule has 0 aromatic heterocycles. The van der Waals surface area contributed by atoms with Crippen molar-refractivity contribution in [1.82, 2.24) is 4.90 Å². The van der Waals surface area contributed by atoms with E-state index in [1.54, 1.807) is 12.1 Å². The van der Waals surface area contributed by atoms with Crippen LogP contribution in [0.4, 0.5) is 0 Å². The molecule has 4 heteroatoms. The van der Waals surface area contributed by atoms with Crippen LogP contribution in [0.5, 0.6) is 11.5 Å². The highest BCUT2D eigenvalue weighted by molar-refractivity contribution is 5.76. The number of ether oxygens (including phenoxy) is 2. The molecule has 0 bridgehead atoms. The first-order valence-corrected chi connectivity index (χ1v) is 8.69. The fourth-order valence-electron chi connectivity index (χ4n) is 3.43. The maximum atomic E-state index is 10.9. The molecule has 128 valence electrons. The predicted octanol–water partition coefficient (Wildman–Crippen LogP) is 3.64. The monoisotopic (exact) mass is 319 g/mol. The smallest absolute Gasteiger partial charge is 0.161 e. The summed E-state index contributed by atoms with van der Waals surface area (Å²) in [5.74, 6) is 2.95. The van der Waals surface area contributed by atoms with E-state index in [0.717, 1.165) is 36.8 Å². The van der Waals surface area contributed by atoms with Gasteiger partial charge in [0, 0.05) is 25.2 Å². The van der Waals surface area contributed by atoms with Gasteiger partial charge in [-0.15, -0.1) is 0 Å². The van der Waals surface area contributed by atoms with Gasteiger partial charge in [-0.05, 0) is 49.8 Å². The Kier molecular flexibility index (Phi) is 6.90. The zero-order chi connectivity index (χ0) is 16.7. The Bertz CT molecular complexity index is 493. The topological polar surface area (TPSA) is 38.8 Å². The van der Waals surface area contributed by atoms with Gasteiger partial charge in [-0.3, -0.25) is 4.79 Å². The largest absolute Gasteiger partial charge is 0.490 e. The third kappa shape index (κ3) is 5.54. The van der Waals surface area contributed by atoms with Gasteiger partial charge in [0.1, 0.15) is 6.29 Å². The Morgan fingerprint density at radius 2 is 1.91 bits per heavy atom. The van der Waals surface area contributed by atoms with E-state index < -0.39 is 0 Å². The molecule has 1 saturated heterocycles. The molecule has 2 atom stereocenters. The Balaban J connectivity index is 1.80. The van der Waals surface area contributed by atoms with E-state index in [-0.39, 0.29) is 0 Å². The lowest BCUT2D eigenvalue weighted by atomic mass is 9.92. The average molecular weight is 319 g/mol. The summed E-state index contributed by atoms with van der Waals surface area (Å²) >= 11 is 0. The van der Waals surface area contributed by atoms with E-state index in [1.807, 2.05) is 13.0 Å². The third-order valence-corrected chi connectivity index (χ3v) is 4.22. The third-order valence-electron chi connectivity index (χ3n) is 4.22. The number of likely N-dealkylation sites (tertiary alicyclic amines) is 1. The van der Waals surface area contributed by atoms with Crippen molar-refractivity contribution in [2.75, 3.05) is 32.8 Å². The maximum absolute atomic E-state index is 10.9. The fraction of sp³-hybridized carbons (Fsp3) is 0.632. The van der Waals surface area contributed by atoms with Crippen LogP contribution in [0.25, 0.3) is 0 Å². The van der Waals surface area contributed by atoms with Crippen LogP contribution in [-0.4, -0.2) is 44.0 Å². The van der Waals surface area contributed by atoms with Crippen molar-refractivity contribution in [3.8, 4) is 11.5 Å². The minimum Gasteiger partial charge on any atom is -0.490 e. The van der Waals surface area contributed by atoms with Gasteiger partial charge in [0.25, 0.3) is 0 Å². The Hall–Kier alpha value is -1.55. The van der Waals surface area contributed by atoms with Crippen LogP contribution in [0.1, 0.15) is 44.0 Å². The van der Waals surface area contributed by atoms with Gasteiger partial charge in [0.05, 0.1) is 13.2 Å². The Morgan fingerprint density at radius 1 is 1.17 bits per heavy atom. The first-order valence-electron chi connectivity index (χ1n) is 8.69. The SMILES string of the molecule is CCOc1cc(C=O)ccc1OCCCN1C[C@H](C)C[C@H](C)C1. The van der Waals surface area contributed by atoms with Gasteiger partial charge in [0.15, 0.2) is 11.5 Å². The molecule has 1 fully saturated rings. The molecular formula is C19H29NO3. The first-order chi connectivity index (χ1) is 11.1. The lowest BCUT2D eigenvalue weighted by Gasteiger charge is -2.34. The van der Waals surface area contributed by atoms with Crippen molar-refractivity contribution < 1.29 is 14.3 Å². The molecule has 1 aromatic carbocycles. The summed E-state index contributed by atoms with van der Waals surface area (Å²) in [5, 5.41) is 0. The molecule has 1 aromatic rings. The van der Waals surface area contributed by atoms with Crippen LogP contribution in [-0.2, 0) is 0 Å². The van der Waals surface area contributed by atoms with E-state index in [0.29, 0.717) is 24.5 Å². The maximum Gasteiger partial charge on any atom is 0.161 e. The van der Waals surface area contributed by atoms with Crippen LogP contribution in [0.3, 0.4) is 0 Å². The average Bonchev–Trinajstić information content (AvgIpc) is 2.52. The number of carbonyl (C=O) groups is 1. The number of nitrogens with zero attached hydrogens (tertiary/aromatic N) is 1. The van der Waals surface area contributed by atoms with Crippen LogP contribution >= 0.6 is 0 Å². The molecule has 0 aliphatic carbocycles. The summed E-state index contributed by atoms with van der Waals surface area (Å²) in [6.45, 7) is 11.3. The number of benzene rings is 1. The van der Waals surface area contributed by atoms with Crippen molar-refractivity contribution in [3.05, 3.63) is 23.8 Å². The summed E-state index contributed by atoms with van der Waals surface area (Å²) in [4.78, 5) is 13.4. The molecule has 23 heavy (non-hydrogen) atoms. The molecule has 0 spiro atoms. The minimum atomic E-state index is 0.558. The second kappa shape index (κ2) is 8.92. The van der Waals surface area contributed by atoms with Gasteiger partial charge in [-0.1, -0.05) is 13.8 Å². The summed E-state index contributed by atoms with van der Waals surface area (Å²) in [7, 11) is 0. The Labute approximate surface area is 139 Å². The van der Waals surface area contributed by atoms with E-state index in [4.69, 9.17) is 9.47 Å². The van der Waals surface area contributed by atoms with Crippen LogP contribution in [0, 0.1) is 11.8 Å². The quantitative estimate of drug-likeness (QED) is 0.541. The van der Waals surface area contributed by atoms with Crippen molar-refractivity contribution in [3.63, 3.8) is 0 Å². The second-order valence-electron chi connectivity index (χ2n) is 6.66. The van der Waals surface area contributed by atoms with E-state index in [2.05, 4.69) is 18.7 Å². The van der Waals surface area contributed by atoms with E-state index in [9.17, 15) is 4.79 Å². The molecule has 0 radical (unpaired) electrons. The molecule has 1 aliphatic heterocycles. The van der Waals surface area contributed by atoms with Crippen molar-refractivity contribution >= 4 is 6.29 Å². The fourth-order valence-corrected chi connectivity index (χ4v) is 3.43. The molecule has 2 rings (SSSR count). The van der Waals surface area contributed by atoms with Crippen LogP contribution < -0.4 is 9.47 Å². The number of carbonyl (C=O) groups excluding carboxylic acids is 1. The summed E-state index contributed by atoms with van der Waals surface area (Å²) < 4.78 is 11.4. The highest BCUT2D eigenvalue weighted by Crippen LogP contribution is 2.28. The zero-order valence-electron chi connectivity index (χ0n) is 14.6. The summed E-state index contributed by atoms with van der Waals surface area (Å²) in [6, 6.07) is 5.32. The van der Waals surface area contributed by atoms with E-state index >= 15 is 0 Å². The minimum absolute atomic E-state index is 0.558.